The van der Waals surface area contributed by atoms with Crippen molar-refractivity contribution in [3.63, 3.8) is 0 Å². The van der Waals surface area contributed by atoms with Gasteiger partial charge in [-0.25, -0.2) is 4.79 Å². The average Bonchev–Trinajstić information content (AvgIpc) is 2.08. The Labute approximate surface area is 78.8 Å². The number of amides is 2. The molecule has 1 aliphatic heterocycles. The van der Waals surface area contributed by atoms with Gasteiger partial charge >= 0.3 is 6.03 Å². The number of nitrogens with one attached hydrogen (secondary N) is 1. The van der Waals surface area contributed by atoms with Crippen LogP contribution in [0.1, 0.15) is 19.3 Å². The van der Waals surface area contributed by atoms with Crippen LogP contribution >= 0.6 is 0 Å². The Morgan fingerprint density at radius 3 is 3.08 bits per heavy atom. The molecule has 1 fully saturated rings. The standard InChI is InChI=1S/C9H17N3O/c1-2-6-12-7-4-3-5-8(12)11-9(10)13/h2,8H,1,3-7H2,(H3,10,11,13). The summed E-state index contributed by atoms with van der Waals surface area (Å²) in [5, 5.41) is 2.73. The van der Waals surface area contributed by atoms with E-state index in [1.807, 2.05) is 6.08 Å². The minimum atomic E-state index is -0.444. The summed E-state index contributed by atoms with van der Waals surface area (Å²) in [4.78, 5) is 12.9. The molecule has 13 heavy (non-hydrogen) atoms. The number of nitrogens with two attached hydrogens (primary N) is 1. The maximum atomic E-state index is 10.7. The van der Waals surface area contributed by atoms with E-state index in [0.29, 0.717) is 0 Å². The predicted octanol–water partition coefficient (Wildman–Crippen LogP) is 0.653. The molecule has 0 spiro atoms. The molecule has 4 nitrogen and oxygen atoms in total. The summed E-state index contributed by atoms with van der Waals surface area (Å²) in [7, 11) is 0. The van der Waals surface area contributed by atoms with Gasteiger partial charge in [-0.1, -0.05) is 6.08 Å². The molecule has 1 rings (SSSR count). The number of primary amides is 1. The maximum absolute atomic E-state index is 10.7. The molecular weight excluding hydrogens is 166 g/mol. The number of hydrogen-bond acceptors (Lipinski definition) is 2. The van der Waals surface area contributed by atoms with Crippen LogP contribution in [-0.4, -0.2) is 30.2 Å². The third-order valence-electron chi connectivity index (χ3n) is 2.29. The first-order valence-electron chi connectivity index (χ1n) is 4.65. The van der Waals surface area contributed by atoms with E-state index in [-0.39, 0.29) is 6.17 Å². The molecule has 0 aliphatic carbocycles. The second-order valence-electron chi connectivity index (χ2n) is 3.30. The second kappa shape index (κ2) is 4.87. The molecule has 0 aromatic heterocycles. The topological polar surface area (TPSA) is 58.4 Å². The Morgan fingerprint density at radius 2 is 2.46 bits per heavy atom. The zero-order valence-corrected chi connectivity index (χ0v) is 7.83. The first-order chi connectivity index (χ1) is 6.24. The zero-order chi connectivity index (χ0) is 9.68. The fourth-order valence-electron chi connectivity index (χ4n) is 1.70. The normalized spacial score (nSPS) is 23.8. The lowest BCUT2D eigenvalue weighted by Crippen LogP contribution is -2.52. The van der Waals surface area contributed by atoms with Gasteiger partial charge in [0.1, 0.15) is 0 Å². The first-order valence-corrected chi connectivity index (χ1v) is 4.65. The van der Waals surface area contributed by atoms with Gasteiger partial charge < -0.3 is 11.1 Å². The molecule has 1 heterocycles. The van der Waals surface area contributed by atoms with Crippen molar-refractivity contribution in [2.75, 3.05) is 13.1 Å². The number of urea groups is 1. The van der Waals surface area contributed by atoms with Crippen molar-refractivity contribution in [1.82, 2.24) is 10.2 Å². The highest BCUT2D eigenvalue weighted by Crippen LogP contribution is 2.14. The first kappa shape index (κ1) is 10.1. The average molecular weight is 183 g/mol. The van der Waals surface area contributed by atoms with Gasteiger partial charge in [-0.2, -0.15) is 0 Å². The van der Waals surface area contributed by atoms with Crippen LogP contribution in [0.4, 0.5) is 4.79 Å². The number of nitrogens with zero attached hydrogens (tertiary/aromatic N) is 1. The smallest absolute Gasteiger partial charge is 0.313 e. The van der Waals surface area contributed by atoms with Gasteiger partial charge in [-0.05, 0) is 19.3 Å². The van der Waals surface area contributed by atoms with Gasteiger partial charge in [0.25, 0.3) is 0 Å². The van der Waals surface area contributed by atoms with Crippen LogP contribution in [0.5, 0.6) is 0 Å². The molecule has 0 radical (unpaired) electrons. The van der Waals surface area contributed by atoms with Crippen molar-refractivity contribution in [3.8, 4) is 0 Å². The summed E-state index contributed by atoms with van der Waals surface area (Å²) in [5.74, 6) is 0. The van der Waals surface area contributed by atoms with Crippen LogP contribution in [-0.2, 0) is 0 Å². The molecule has 74 valence electrons. The molecule has 1 unspecified atom stereocenters. The van der Waals surface area contributed by atoms with Gasteiger partial charge in [0.05, 0.1) is 6.17 Å². The molecule has 0 bridgehead atoms. The van der Waals surface area contributed by atoms with Crippen LogP contribution < -0.4 is 11.1 Å². The van der Waals surface area contributed by atoms with E-state index in [9.17, 15) is 4.79 Å². The van der Waals surface area contributed by atoms with Crippen molar-refractivity contribution < 1.29 is 4.79 Å². The van der Waals surface area contributed by atoms with Crippen molar-refractivity contribution in [3.05, 3.63) is 12.7 Å². The monoisotopic (exact) mass is 183 g/mol. The Bertz CT molecular complexity index is 193. The van der Waals surface area contributed by atoms with E-state index in [1.54, 1.807) is 0 Å². The van der Waals surface area contributed by atoms with Crippen LogP contribution in [0.2, 0.25) is 0 Å². The van der Waals surface area contributed by atoms with E-state index in [0.717, 1.165) is 25.9 Å². The van der Waals surface area contributed by atoms with Crippen LogP contribution in [0.25, 0.3) is 0 Å². The third kappa shape index (κ3) is 3.06. The highest BCUT2D eigenvalue weighted by atomic mass is 16.2. The van der Waals surface area contributed by atoms with Gasteiger partial charge in [0.2, 0.25) is 0 Å². The summed E-state index contributed by atoms with van der Waals surface area (Å²) in [5.41, 5.74) is 5.08. The van der Waals surface area contributed by atoms with Crippen molar-refractivity contribution in [2.45, 2.75) is 25.4 Å². The number of likely N-dealkylation sites (tertiary alicyclic amines) is 1. The SMILES string of the molecule is C=CCN1CCCCC1NC(N)=O. The van der Waals surface area contributed by atoms with Gasteiger partial charge in [-0.3, -0.25) is 4.90 Å². The second-order valence-corrected chi connectivity index (χ2v) is 3.30. The highest BCUT2D eigenvalue weighted by molar-refractivity contribution is 5.71. The van der Waals surface area contributed by atoms with E-state index in [4.69, 9.17) is 5.73 Å². The fraction of sp³-hybridized carbons (Fsp3) is 0.667. The van der Waals surface area contributed by atoms with Gasteiger partial charge in [-0.15, -0.1) is 6.58 Å². The summed E-state index contributed by atoms with van der Waals surface area (Å²) >= 11 is 0. The van der Waals surface area contributed by atoms with Gasteiger partial charge in [0, 0.05) is 13.1 Å². The molecule has 0 saturated carbocycles. The summed E-state index contributed by atoms with van der Waals surface area (Å²) in [6.45, 7) is 5.50. The molecule has 1 aliphatic rings. The van der Waals surface area contributed by atoms with Crippen molar-refractivity contribution >= 4 is 6.03 Å². The van der Waals surface area contributed by atoms with Crippen molar-refractivity contribution in [2.24, 2.45) is 5.73 Å². The Hall–Kier alpha value is -1.03. The molecule has 4 heteroatoms. The third-order valence-corrected chi connectivity index (χ3v) is 2.29. The number of hydrogen-bond donors (Lipinski definition) is 2. The molecule has 0 aromatic carbocycles. The van der Waals surface area contributed by atoms with Crippen LogP contribution in [0.3, 0.4) is 0 Å². The minimum absolute atomic E-state index is 0.101. The zero-order valence-electron chi connectivity index (χ0n) is 7.83. The predicted molar refractivity (Wildman–Crippen MR) is 52.1 cm³/mol. The fourth-order valence-corrected chi connectivity index (χ4v) is 1.70. The molecule has 1 atom stereocenters. The van der Waals surface area contributed by atoms with E-state index in [1.165, 1.54) is 6.42 Å². The number of piperidine rings is 1. The Kier molecular flexibility index (Phi) is 3.76. The summed E-state index contributed by atoms with van der Waals surface area (Å²) in [6.07, 6.45) is 5.27. The Balaban J connectivity index is 2.45. The van der Waals surface area contributed by atoms with E-state index >= 15 is 0 Å². The Morgan fingerprint density at radius 1 is 1.69 bits per heavy atom. The van der Waals surface area contributed by atoms with Gasteiger partial charge in [0.15, 0.2) is 0 Å². The molecule has 1 saturated heterocycles. The van der Waals surface area contributed by atoms with E-state index < -0.39 is 6.03 Å². The molecule has 2 amide bonds. The molecule has 0 aromatic rings. The number of carbonyl (C=O) groups is 1. The summed E-state index contributed by atoms with van der Waals surface area (Å²) < 4.78 is 0. The number of carbonyl (C=O) groups excluding carboxylic acids is 1. The lowest BCUT2D eigenvalue weighted by atomic mass is 10.1. The lowest BCUT2D eigenvalue weighted by Gasteiger charge is -2.34. The minimum Gasteiger partial charge on any atom is -0.352 e. The van der Waals surface area contributed by atoms with E-state index in [2.05, 4.69) is 16.8 Å². The largest absolute Gasteiger partial charge is 0.352 e. The molecular formula is C9H17N3O. The van der Waals surface area contributed by atoms with Crippen LogP contribution in [0.15, 0.2) is 12.7 Å². The van der Waals surface area contributed by atoms with Crippen LogP contribution in [0, 0.1) is 0 Å². The lowest BCUT2D eigenvalue weighted by molar-refractivity contribution is 0.140. The summed E-state index contributed by atoms with van der Waals surface area (Å²) in [6, 6.07) is -0.444. The number of rotatable bonds is 3. The highest BCUT2D eigenvalue weighted by Gasteiger charge is 2.21. The molecule has 3 N–H and O–H groups in total. The van der Waals surface area contributed by atoms with Crippen molar-refractivity contribution in [1.29, 1.82) is 0 Å². The quantitative estimate of drug-likeness (QED) is 0.631. The maximum Gasteiger partial charge on any atom is 0.313 e.